The van der Waals surface area contributed by atoms with Crippen LogP contribution in [-0.4, -0.2) is 21.2 Å². The van der Waals surface area contributed by atoms with Crippen LogP contribution in [0.3, 0.4) is 0 Å². The highest BCUT2D eigenvalue weighted by molar-refractivity contribution is 6.32. The second kappa shape index (κ2) is 3.93. The number of nitrogens with one attached hydrogen (secondary N) is 1. The summed E-state index contributed by atoms with van der Waals surface area (Å²) >= 11 is 5.99. The van der Waals surface area contributed by atoms with Crippen molar-refractivity contribution in [2.75, 3.05) is 6.54 Å². The van der Waals surface area contributed by atoms with E-state index in [9.17, 15) is 9.90 Å². The van der Waals surface area contributed by atoms with E-state index in [1.54, 1.807) is 19.2 Å². The van der Waals surface area contributed by atoms with E-state index >= 15 is 0 Å². The largest absolute Gasteiger partial charge is 0.387 e. The Morgan fingerprint density at radius 2 is 2.31 bits per heavy atom. The van der Waals surface area contributed by atoms with Gasteiger partial charge >= 0.3 is 5.69 Å². The molecule has 0 saturated heterocycles. The number of nitrogens with two attached hydrogens (primary N) is 1. The molecule has 0 aliphatic carbocycles. The van der Waals surface area contributed by atoms with Gasteiger partial charge in [0.2, 0.25) is 0 Å². The molecule has 16 heavy (non-hydrogen) atoms. The van der Waals surface area contributed by atoms with Crippen molar-refractivity contribution in [3.63, 3.8) is 0 Å². The van der Waals surface area contributed by atoms with Crippen LogP contribution >= 0.6 is 11.6 Å². The van der Waals surface area contributed by atoms with Gasteiger partial charge in [0.05, 0.1) is 17.1 Å². The van der Waals surface area contributed by atoms with Crippen molar-refractivity contribution in [2.45, 2.75) is 6.10 Å². The molecule has 1 atom stereocenters. The van der Waals surface area contributed by atoms with Gasteiger partial charge in [-0.15, -0.1) is 0 Å². The number of aromatic amines is 1. The van der Waals surface area contributed by atoms with Crippen LogP contribution in [0.15, 0.2) is 16.9 Å². The van der Waals surface area contributed by atoms with Crippen LogP contribution in [0.25, 0.3) is 11.0 Å². The molecule has 0 aliphatic heterocycles. The van der Waals surface area contributed by atoms with E-state index in [1.165, 1.54) is 4.57 Å². The SMILES string of the molecule is Cn1c(=O)[nH]c2cc(Cl)c(C(O)CN)cc21. The monoisotopic (exact) mass is 241 g/mol. The van der Waals surface area contributed by atoms with Gasteiger partial charge in [0.1, 0.15) is 0 Å². The molecule has 0 radical (unpaired) electrons. The summed E-state index contributed by atoms with van der Waals surface area (Å²) < 4.78 is 1.46. The number of hydrogen-bond donors (Lipinski definition) is 3. The first kappa shape index (κ1) is 11.2. The maximum Gasteiger partial charge on any atom is 0.326 e. The second-order valence-electron chi connectivity index (χ2n) is 3.63. The third kappa shape index (κ3) is 1.63. The van der Waals surface area contributed by atoms with Gasteiger partial charge in [-0.3, -0.25) is 4.57 Å². The van der Waals surface area contributed by atoms with Crippen molar-refractivity contribution >= 4 is 22.6 Å². The zero-order valence-electron chi connectivity index (χ0n) is 8.70. The molecule has 0 bridgehead atoms. The molecular formula is C10H12ClN3O2. The van der Waals surface area contributed by atoms with Crippen molar-refractivity contribution in [3.8, 4) is 0 Å². The van der Waals surface area contributed by atoms with Gasteiger partial charge < -0.3 is 15.8 Å². The lowest BCUT2D eigenvalue weighted by molar-refractivity contribution is 0.187. The zero-order valence-corrected chi connectivity index (χ0v) is 9.45. The number of aliphatic hydroxyl groups is 1. The maximum atomic E-state index is 11.4. The minimum atomic E-state index is -0.818. The Bertz CT molecular complexity index is 587. The van der Waals surface area contributed by atoms with Crippen molar-refractivity contribution < 1.29 is 5.11 Å². The highest BCUT2D eigenvalue weighted by atomic mass is 35.5. The quantitative estimate of drug-likeness (QED) is 0.716. The summed E-state index contributed by atoms with van der Waals surface area (Å²) in [5.74, 6) is 0. The molecule has 1 unspecified atom stereocenters. The highest BCUT2D eigenvalue weighted by Gasteiger charge is 2.13. The average molecular weight is 242 g/mol. The summed E-state index contributed by atoms with van der Waals surface area (Å²) in [7, 11) is 1.65. The Kier molecular flexibility index (Phi) is 2.75. The van der Waals surface area contributed by atoms with E-state index < -0.39 is 6.10 Å². The second-order valence-corrected chi connectivity index (χ2v) is 4.04. The van der Waals surface area contributed by atoms with E-state index in [2.05, 4.69) is 4.98 Å². The first-order valence-corrected chi connectivity index (χ1v) is 5.18. The smallest absolute Gasteiger partial charge is 0.326 e. The third-order valence-electron chi connectivity index (χ3n) is 2.60. The molecular weight excluding hydrogens is 230 g/mol. The van der Waals surface area contributed by atoms with Gasteiger partial charge in [0, 0.05) is 24.2 Å². The van der Waals surface area contributed by atoms with Crippen LogP contribution < -0.4 is 11.4 Å². The molecule has 2 rings (SSSR count). The van der Waals surface area contributed by atoms with Crippen molar-refractivity contribution in [1.82, 2.24) is 9.55 Å². The Morgan fingerprint density at radius 1 is 1.62 bits per heavy atom. The Morgan fingerprint density at radius 3 is 2.94 bits per heavy atom. The first-order chi connectivity index (χ1) is 7.54. The molecule has 1 aromatic heterocycles. The molecule has 5 nitrogen and oxygen atoms in total. The topological polar surface area (TPSA) is 84.0 Å². The number of aromatic nitrogens is 2. The highest BCUT2D eigenvalue weighted by Crippen LogP contribution is 2.26. The number of imidazole rings is 1. The fraction of sp³-hybridized carbons (Fsp3) is 0.300. The predicted octanol–water partition coefficient (Wildman–Crippen LogP) is 0.512. The summed E-state index contributed by atoms with van der Waals surface area (Å²) in [5.41, 5.74) is 7.03. The number of halogens is 1. The Hall–Kier alpha value is -1.30. The summed E-state index contributed by atoms with van der Waals surface area (Å²) in [6, 6.07) is 3.29. The Balaban J connectivity index is 2.73. The number of hydrogen-bond acceptors (Lipinski definition) is 3. The summed E-state index contributed by atoms with van der Waals surface area (Å²) in [6.45, 7) is 0.0869. The van der Waals surface area contributed by atoms with Crippen LogP contribution in [-0.2, 0) is 7.05 Å². The molecule has 1 aromatic carbocycles. The molecule has 0 aliphatic rings. The van der Waals surface area contributed by atoms with E-state index in [4.69, 9.17) is 17.3 Å². The van der Waals surface area contributed by atoms with Crippen molar-refractivity contribution in [3.05, 3.63) is 33.2 Å². The van der Waals surface area contributed by atoms with E-state index in [0.717, 1.165) is 0 Å². The van der Waals surface area contributed by atoms with Crippen LogP contribution in [0.5, 0.6) is 0 Å². The minimum absolute atomic E-state index is 0.0869. The number of fused-ring (bicyclic) bond motifs is 1. The van der Waals surface area contributed by atoms with Gasteiger partial charge in [-0.25, -0.2) is 4.79 Å². The van der Waals surface area contributed by atoms with Gasteiger partial charge in [0.25, 0.3) is 0 Å². The lowest BCUT2D eigenvalue weighted by Gasteiger charge is -2.10. The summed E-state index contributed by atoms with van der Waals surface area (Å²) in [5, 5.41) is 10.1. The number of nitrogens with zero attached hydrogens (tertiary/aromatic N) is 1. The van der Waals surface area contributed by atoms with Gasteiger partial charge in [0.15, 0.2) is 0 Å². The number of H-pyrrole nitrogens is 1. The zero-order chi connectivity index (χ0) is 11.9. The van der Waals surface area contributed by atoms with Crippen LogP contribution in [0.4, 0.5) is 0 Å². The Labute approximate surface area is 96.4 Å². The molecule has 1 heterocycles. The normalized spacial score (nSPS) is 13.2. The molecule has 86 valence electrons. The lowest BCUT2D eigenvalue weighted by atomic mass is 10.1. The molecule has 0 fully saturated rings. The minimum Gasteiger partial charge on any atom is -0.387 e. The van der Waals surface area contributed by atoms with Crippen LogP contribution in [0.2, 0.25) is 5.02 Å². The van der Waals surface area contributed by atoms with E-state index in [-0.39, 0.29) is 12.2 Å². The third-order valence-corrected chi connectivity index (χ3v) is 2.93. The lowest BCUT2D eigenvalue weighted by Crippen LogP contribution is -2.13. The molecule has 4 N–H and O–H groups in total. The molecule has 2 aromatic rings. The maximum absolute atomic E-state index is 11.4. The van der Waals surface area contributed by atoms with Gasteiger partial charge in [-0.1, -0.05) is 11.6 Å². The van der Waals surface area contributed by atoms with Crippen LogP contribution in [0.1, 0.15) is 11.7 Å². The van der Waals surface area contributed by atoms with Crippen molar-refractivity contribution in [1.29, 1.82) is 0 Å². The average Bonchev–Trinajstić information content (AvgIpc) is 2.52. The van der Waals surface area contributed by atoms with Gasteiger partial charge in [-0.2, -0.15) is 0 Å². The summed E-state index contributed by atoms with van der Waals surface area (Å²) in [4.78, 5) is 14.0. The molecule has 0 spiro atoms. The number of aryl methyl sites for hydroxylation is 1. The van der Waals surface area contributed by atoms with Gasteiger partial charge in [-0.05, 0) is 12.1 Å². The molecule has 0 amide bonds. The predicted molar refractivity (Wildman–Crippen MR) is 62.6 cm³/mol. The number of benzene rings is 1. The molecule has 0 saturated carbocycles. The number of rotatable bonds is 2. The first-order valence-electron chi connectivity index (χ1n) is 4.81. The van der Waals surface area contributed by atoms with E-state index in [0.29, 0.717) is 21.6 Å². The molecule has 6 heteroatoms. The fourth-order valence-electron chi connectivity index (χ4n) is 1.65. The fourth-order valence-corrected chi connectivity index (χ4v) is 1.94. The summed E-state index contributed by atoms with van der Waals surface area (Å²) in [6.07, 6.45) is -0.818. The van der Waals surface area contributed by atoms with E-state index in [1.807, 2.05) is 0 Å². The number of aliphatic hydroxyl groups excluding tert-OH is 1. The van der Waals surface area contributed by atoms with Crippen LogP contribution in [0, 0.1) is 0 Å². The standard InChI is InChI=1S/C10H12ClN3O2/c1-14-8-2-5(9(15)4-12)6(11)3-7(8)13-10(14)16/h2-3,9,15H,4,12H2,1H3,(H,13,16). The van der Waals surface area contributed by atoms with Crippen molar-refractivity contribution in [2.24, 2.45) is 12.8 Å².